The van der Waals surface area contributed by atoms with E-state index in [4.69, 9.17) is 0 Å². The maximum absolute atomic E-state index is 12.7. The van der Waals surface area contributed by atoms with Crippen LogP contribution in [0.5, 0.6) is 0 Å². The van der Waals surface area contributed by atoms with E-state index in [2.05, 4.69) is 62.5 Å². The van der Waals surface area contributed by atoms with Gasteiger partial charge < -0.3 is 9.88 Å². The van der Waals surface area contributed by atoms with E-state index in [0.29, 0.717) is 11.7 Å². The minimum atomic E-state index is 0.0499. The van der Waals surface area contributed by atoms with Gasteiger partial charge in [0, 0.05) is 16.6 Å². The molecule has 1 atom stereocenters. The average molecular weight is 437 g/mol. The molecule has 30 heavy (non-hydrogen) atoms. The van der Waals surface area contributed by atoms with Gasteiger partial charge in [0.05, 0.1) is 18.3 Å². The molecular formula is C23H24N4OS2. The largest absolute Gasteiger partial charge is 0.348 e. The van der Waals surface area contributed by atoms with Crippen molar-refractivity contribution in [2.45, 2.75) is 47.8 Å². The Morgan fingerprint density at radius 1 is 1.07 bits per heavy atom. The average Bonchev–Trinajstić information content (AvgIpc) is 3.55. The van der Waals surface area contributed by atoms with E-state index in [1.807, 2.05) is 23.9 Å². The van der Waals surface area contributed by atoms with Crippen LogP contribution in [0, 0.1) is 0 Å². The zero-order chi connectivity index (χ0) is 20.3. The molecular weight excluding hydrogens is 412 g/mol. The van der Waals surface area contributed by atoms with Gasteiger partial charge in [-0.3, -0.25) is 4.79 Å². The number of carbonyl (C=O) groups is 1. The smallest absolute Gasteiger partial charge is 0.230 e. The maximum Gasteiger partial charge on any atom is 0.230 e. The van der Waals surface area contributed by atoms with E-state index in [1.165, 1.54) is 40.6 Å². The van der Waals surface area contributed by atoms with Crippen LogP contribution in [0.4, 0.5) is 0 Å². The zero-order valence-corrected chi connectivity index (χ0v) is 18.3. The Morgan fingerprint density at radius 3 is 2.70 bits per heavy atom. The van der Waals surface area contributed by atoms with Gasteiger partial charge in [-0.15, -0.1) is 22.0 Å². The van der Waals surface area contributed by atoms with Crippen molar-refractivity contribution in [3.63, 3.8) is 0 Å². The van der Waals surface area contributed by atoms with Crippen molar-refractivity contribution in [3.05, 3.63) is 71.5 Å². The lowest BCUT2D eigenvalue weighted by atomic mass is 10.0. The third kappa shape index (κ3) is 4.42. The van der Waals surface area contributed by atoms with Crippen molar-refractivity contribution in [1.82, 2.24) is 20.1 Å². The summed E-state index contributed by atoms with van der Waals surface area (Å²) in [4.78, 5) is 14.0. The SMILES string of the molecule is O=C(CSc1nnc(C2CC2)n1Cc1ccccc1)N[C@@H]1CCSc2ccccc21. The molecule has 3 aromatic rings. The Kier molecular flexibility index (Phi) is 5.82. The molecule has 1 saturated carbocycles. The van der Waals surface area contributed by atoms with Crippen LogP contribution in [0.15, 0.2) is 64.6 Å². The van der Waals surface area contributed by atoms with E-state index in [-0.39, 0.29) is 11.9 Å². The molecule has 7 heteroatoms. The molecule has 5 nitrogen and oxygen atoms in total. The predicted octanol–water partition coefficient (Wildman–Crippen LogP) is 4.65. The number of aromatic nitrogens is 3. The van der Waals surface area contributed by atoms with E-state index in [9.17, 15) is 4.79 Å². The fraction of sp³-hybridized carbons (Fsp3) is 0.348. The summed E-state index contributed by atoms with van der Waals surface area (Å²) in [5, 5.41) is 12.9. The van der Waals surface area contributed by atoms with Crippen LogP contribution in [0.25, 0.3) is 0 Å². The number of benzene rings is 2. The highest BCUT2D eigenvalue weighted by molar-refractivity contribution is 7.99. The van der Waals surface area contributed by atoms with Crippen molar-refractivity contribution in [2.24, 2.45) is 0 Å². The number of hydrogen-bond donors (Lipinski definition) is 1. The molecule has 0 saturated heterocycles. The van der Waals surface area contributed by atoms with Gasteiger partial charge in [-0.25, -0.2) is 0 Å². The molecule has 1 aliphatic heterocycles. The fourth-order valence-corrected chi connectivity index (χ4v) is 5.70. The third-order valence-electron chi connectivity index (χ3n) is 5.50. The summed E-state index contributed by atoms with van der Waals surface area (Å²) >= 11 is 3.35. The number of hydrogen-bond acceptors (Lipinski definition) is 5. The van der Waals surface area contributed by atoms with Gasteiger partial charge in [-0.05, 0) is 36.5 Å². The molecule has 1 aromatic heterocycles. The molecule has 1 aliphatic carbocycles. The standard InChI is InChI=1S/C23H24N4OS2/c28-21(24-19-12-13-29-20-9-5-4-8-18(19)20)15-30-23-26-25-22(17-10-11-17)27(23)14-16-6-2-1-3-7-16/h1-9,17,19H,10-15H2,(H,24,28)/t19-/m1/s1. The quantitative estimate of drug-likeness (QED) is 0.547. The molecule has 2 aliphatic rings. The normalized spacial score (nSPS) is 18.1. The van der Waals surface area contributed by atoms with Crippen LogP contribution < -0.4 is 5.32 Å². The van der Waals surface area contributed by atoms with E-state index in [1.54, 1.807) is 0 Å². The first-order chi connectivity index (χ1) is 14.8. The highest BCUT2D eigenvalue weighted by Crippen LogP contribution is 2.40. The Hall–Kier alpha value is -2.25. The molecule has 0 unspecified atom stereocenters. The first-order valence-electron chi connectivity index (χ1n) is 10.4. The second-order valence-electron chi connectivity index (χ2n) is 7.77. The molecule has 2 heterocycles. The maximum atomic E-state index is 12.7. The third-order valence-corrected chi connectivity index (χ3v) is 7.59. The Balaban J connectivity index is 1.26. The van der Waals surface area contributed by atoms with Gasteiger partial charge in [-0.1, -0.05) is 60.3 Å². The summed E-state index contributed by atoms with van der Waals surface area (Å²) in [6, 6.07) is 18.8. The molecule has 0 bridgehead atoms. The highest BCUT2D eigenvalue weighted by atomic mass is 32.2. The molecule has 5 rings (SSSR count). The minimum Gasteiger partial charge on any atom is -0.348 e. The molecule has 2 aromatic carbocycles. The second kappa shape index (κ2) is 8.86. The molecule has 154 valence electrons. The Bertz CT molecular complexity index is 1030. The van der Waals surface area contributed by atoms with Crippen LogP contribution in [0.1, 0.15) is 48.2 Å². The van der Waals surface area contributed by atoms with Crippen molar-refractivity contribution in [2.75, 3.05) is 11.5 Å². The number of amides is 1. The second-order valence-corrected chi connectivity index (χ2v) is 9.85. The fourth-order valence-electron chi connectivity index (χ4n) is 3.82. The van der Waals surface area contributed by atoms with Crippen LogP contribution in [0.2, 0.25) is 0 Å². The number of fused-ring (bicyclic) bond motifs is 1. The van der Waals surface area contributed by atoms with Crippen molar-refractivity contribution in [3.8, 4) is 0 Å². The van der Waals surface area contributed by atoms with Gasteiger partial charge >= 0.3 is 0 Å². The van der Waals surface area contributed by atoms with Gasteiger partial charge in [0.15, 0.2) is 5.16 Å². The first kappa shape index (κ1) is 19.7. The lowest BCUT2D eigenvalue weighted by Gasteiger charge is -2.25. The Morgan fingerprint density at radius 2 is 1.87 bits per heavy atom. The van der Waals surface area contributed by atoms with Gasteiger partial charge in [-0.2, -0.15) is 0 Å². The minimum absolute atomic E-state index is 0.0499. The zero-order valence-electron chi connectivity index (χ0n) is 16.7. The summed E-state index contributed by atoms with van der Waals surface area (Å²) in [5.41, 5.74) is 2.46. The molecule has 0 spiro atoms. The van der Waals surface area contributed by atoms with Gasteiger partial charge in [0.25, 0.3) is 0 Å². The summed E-state index contributed by atoms with van der Waals surface area (Å²) in [5.74, 6) is 3.00. The lowest BCUT2D eigenvalue weighted by Crippen LogP contribution is -2.32. The molecule has 1 N–H and O–H groups in total. The molecule has 0 radical (unpaired) electrons. The Labute approximate surface area is 185 Å². The number of thioether (sulfide) groups is 2. The van der Waals surface area contributed by atoms with Crippen LogP contribution in [-0.4, -0.2) is 32.2 Å². The lowest BCUT2D eigenvalue weighted by molar-refractivity contribution is -0.119. The molecule has 1 amide bonds. The summed E-state index contributed by atoms with van der Waals surface area (Å²) < 4.78 is 2.19. The predicted molar refractivity (Wildman–Crippen MR) is 121 cm³/mol. The van der Waals surface area contributed by atoms with Crippen molar-refractivity contribution >= 4 is 29.4 Å². The number of rotatable bonds is 7. The topological polar surface area (TPSA) is 59.8 Å². The van der Waals surface area contributed by atoms with E-state index >= 15 is 0 Å². The van der Waals surface area contributed by atoms with Crippen LogP contribution in [-0.2, 0) is 11.3 Å². The number of carbonyl (C=O) groups excluding carboxylic acids is 1. The van der Waals surface area contributed by atoms with Crippen LogP contribution in [0.3, 0.4) is 0 Å². The van der Waals surface area contributed by atoms with Crippen molar-refractivity contribution < 1.29 is 4.79 Å². The summed E-state index contributed by atoms with van der Waals surface area (Å²) in [6.07, 6.45) is 3.32. The number of nitrogens with one attached hydrogen (secondary N) is 1. The van der Waals surface area contributed by atoms with Crippen LogP contribution >= 0.6 is 23.5 Å². The van der Waals surface area contributed by atoms with Crippen molar-refractivity contribution in [1.29, 1.82) is 0 Å². The first-order valence-corrected chi connectivity index (χ1v) is 12.4. The van der Waals surface area contributed by atoms with Gasteiger partial charge in [0.1, 0.15) is 5.82 Å². The highest BCUT2D eigenvalue weighted by Gasteiger charge is 2.30. The summed E-state index contributed by atoms with van der Waals surface area (Å²) in [7, 11) is 0. The molecule has 1 fully saturated rings. The van der Waals surface area contributed by atoms with E-state index in [0.717, 1.165) is 29.7 Å². The summed E-state index contributed by atoms with van der Waals surface area (Å²) in [6.45, 7) is 0.747. The van der Waals surface area contributed by atoms with Gasteiger partial charge in [0.2, 0.25) is 5.91 Å². The number of nitrogens with zero attached hydrogens (tertiary/aromatic N) is 3. The van der Waals surface area contributed by atoms with E-state index < -0.39 is 0 Å². The monoisotopic (exact) mass is 436 g/mol.